The van der Waals surface area contributed by atoms with E-state index in [0.29, 0.717) is 6.61 Å². The molecule has 5 heteroatoms. The molecule has 1 fully saturated rings. The van der Waals surface area contributed by atoms with E-state index in [-0.39, 0.29) is 30.4 Å². The minimum absolute atomic E-state index is 0.0129. The molecule has 17 heavy (non-hydrogen) atoms. The normalized spacial score (nSPS) is 26.3. The summed E-state index contributed by atoms with van der Waals surface area (Å²) in [7, 11) is 1.68. The molecule has 0 aromatic rings. The summed E-state index contributed by atoms with van der Waals surface area (Å²) in [5.41, 5.74) is 0. The first kappa shape index (κ1) is 14.0. The SMILES string of the molecule is CC1CC(C(=O)N(C)C(C)CC(=O)O)CCO1. The van der Waals surface area contributed by atoms with Crippen LogP contribution in [0.2, 0.25) is 0 Å². The van der Waals surface area contributed by atoms with Gasteiger partial charge in [0.25, 0.3) is 0 Å². The molecule has 5 nitrogen and oxygen atoms in total. The van der Waals surface area contributed by atoms with Gasteiger partial charge in [-0.25, -0.2) is 0 Å². The van der Waals surface area contributed by atoms with Crippen molar-refractivity contribution in [2.45, 2.75) is 45.3 Å². The van der Waals surface area contributed by atoms with Crippen molar-refractivity contribution in [2.75, 3.05) is 13.7 Å². The van der Waals surface area contributed by atoms with Gasteiger partial charge in [-0.3, -0.25) is 9.59 Å². The Morgan fingerprint density at radius 1 is 1.53 bits per heavy atom. The van der Waals surface area contributed by atoms with E-state index in [2.05, 4.69) is 0 Å². The quantitative estimate of drug-likeness (QED) is 0.803. The molecule has 1 rings (SSSR count). The molecule has 0 radical (unpaired) electrons. The maximum Gasteiger partial charge on any atom is 0.305 e. The maximum atomic E-state index is 12.1. The zero-order valence-corrected chi connectivity index (χ0v) is 10.7. The summed E-state index contributed by atoms with van der Waals surface area (Å²) in [6.07, 6.45) is 1.55. The standard InChI is InChI=1S/C12H21NO4/c1-8(6-11(14)15)13(3)12(16)10-4-5-17-9(2)7-10/h8-10H,4-7H2,1-3H3,(H,14,15). The van der Waals surface area contributed by atoms with Crippen molar-refractivity contribution in [1.82, 2.24) is 4.90 Å². The third kappa shape index (κ3) is 4.00. The van der Waals surface area contributed by atoms with E-state index in [9.17, 15) is 9.59 Å². The van der Waals surface area contributed by atoms with E-state index < -0.39 is 5.97 Å². The lowest BCUT2D eigenvalue weighted by molar-refractivity contribution is -0.143. The second kappa shape index (κ2) is 6.00. The third-order valence-electron chi connectivity index (χ3n) is 3.31. The van der Waals surface area contributed by atoms with Crippen LogP contribution in [0.15, 0.2) is 0 Å². The van der Waals surface area contributed by atoms with E-state index in [4.69, 9.17) is 9.84 Å². The number of hydrogen-bond acceptors (Lipinski definition) is 3. The van der Waals surface area contributed by atoms with Crippen molar-refractivity contribution in [3.63, 3.8) is 0 Å². The van der Waals surface area contributed by atoms with E-state index in [1.54, 1.807) is 18.9 Å². The smallest absolute Gasteiger partial charge is 0.305 e. The highest BCUT2D eigenvalue weighted by Crippen LogP contribution is 2.22. The molecule has 3 unspecified atom stereocenters. The maximum absolute atomic E-state index is 12.1. The molecule has 0 spiro atoms. The third-order valence-corrected chi connectivity index (χ3v) is 3.31. The summed E-state index contributed by atoms with van der Waals surface area (Å²) >= 11 is 0. The molecule has 3 atom stereocenters. The van der Waals surface area contributed by atoms with E-state index in [0.717, 1.165) is 12.8 Å². The van der Waals surface area contributed by atoms with Crippen LogP contribution in [-0.2, 0) is 14.3 Å². The van der Waals surface area contributed by atoms with E-state index >= 15 is 0 Å². The molecule has 0 saturated carbocycles. The summed E-state index contributed by atoms with van der Waals surface area (Å²) < 4.78 is 5.40. The van der Waals surface area contributed by atoms with Crippen LogP contribution < -0.4 is 0 Å². The monoisotopic (exact) mass is 243 g/mol. The summed E-state index contributed by atoms with van der Waals surface area (Å²) in [4.78, 5) is 24.3. The first-order valence-corrected chi connectivity index (χ1v) is 6.02. The highest BCUT2D eigenvalue weighted by molar-refractivity contribution is 5.79. The Labute approximate surface area is 102 Å². The Bertz CT molecular complexity index is 292. The summed E-state index contributed by atoms with van der Waals surface area (Å²) in [6.45, 7) is 4.33. The number of amides is 1. The van der Waals surface area contributed by atoms with Crippen molar-refractivity contribution in [2.24, 2.45) is 5.92 Å². The van der Waals surface area contributed by atoms with Gasteiger partial charge in [-0.1, -0.05) is 0 Å². The lowest BCUT2D eigenvalue weighted by atomic mass is 9.94. The molecule has 1 aliphatic heterocycles. The molecular weight excluding hydrogens is 222 g/mol. The van der Waals surface area contributed by atoms with Crippen LogP contribution in [0.5, 0.6) is 0 Å². The molecule has 0 aliphatic carbocycles. The molecule has 0 bridgehead atoms. The van der Waals surface area contributed by atoms with Crippen molar-refractivity contribution < 1.29 is 19.4 Å². The van der Waals surface area contributed by atoms with Crippen LogP contribution in [-0.4, -0.2) is 47.7 Å². The molecule has 1 amide bonds. The van der Waals surface area contributed by atoms with Gasteiger partial charge in [-0.15, -0.1) is 0 Å². The molecule has 0 aromatic carbocycles. The van der Waals surface area contributed by atoms with Gasteiger partial charge in [-0.2, -0.15) is 0 Å². The summed E-state index contributed by atoms with van der Waals surface area (Å²) in [5.74, 6) is -0.869. The van der Waals surface area contributed by atoms with Crippen LogP contribution >= 0.6 is 0 Å². The van der Waals surface area contributed by atoms with Crippen LogP contribution in [0.1, 0.15) is 33.1 Å². The van der Waals surface area contributed by atoms with Crippen molar-refractivity contribution in [1.29, 1.82) is 0 Å². The fourth-order valence-corrected chi connectivity index (χ4v) is 2.12. The first-order valence-electron chi connectivity index (χ1n) is 6.02. The lowest BCUT2D eigenvalue weighted by Gasteiger charge is -2.32. The van der Waals surface area contributed by atoms with Crippen LogP contribution in [0.4, 0.5) is 0 Å². The summed E-state index contributed by atoms with van der Waals surface area (Å²) in [6, 6.07) is -0.266. The average Bonchev–Trinajstić information content (AvgIpc) is 2.26. The number of rotatable bonds is 4. The zero-order chi connectivity index (χ0) is 13.0. The predicted octanol–water partition coefficient (Wildman–Crippen LogP) is 1.12. The first-order chi connectivity index (χ1) is 7.91. The van der Waals surface area contributed by atoms with Gasteiger partial charge in [-0.05, 0) is 26.7 Å². The Morgan fingerprint density at radius 3 is 2.71 bits per heavy atom. The van der Waals surface area contributed by atoms with Crippen molar-refractivity contribution >= 4 is 11.9 Å². The Kier molecular flexibility index (Phi) is 4.93. The van der Waals surface area contributed by atoms with Gasteiger partial charge in [0.15, 0.2) is 0 Å². The van der Waals surface area contributed by atoms with Gasteiger partial charge in [0, 0.05) is 25.6 Å². The van der Waals surface area contributed by atoms with Crippen LogP contribution in [0.25, 0.3) is 0 Å². The largest absolute Gasteiger partial charge is 0.481 e. The minimum Gasteiger partial charge on any atom is -0.481 e. The number of nitrogens with zero attached hydrogens (tertiary/aromatic N) is 1. The number of carboxylic acids is 1. The minimum atomic E-state index is -0.877. The number of aliphatic carboxylic acids is 1. The zero-order valence-electron chi connectivity index (χ0n) is 10.7. The van der Waals surface area contributed by atoms with Gasteiger partial charge in [0.1, 0.15) is 0 Å². The fraction of sp³-hybridized carbons (Fsp3) is 0.833. The number of ether oxygens (including phenoxy) is 1. The summed E-state index contributed by atoms with van der Waals surface area (Å²) in [5, 5.41) is 8.71. The molecule has 1 aliphatic rings. The van der Waals surface area contributed by atoms with E-state index in [1.807, 2.05) is 6.92 Å². The van der Waals surface area contributed by atoms with Crippen LogP contribution in [0, 0.1) is 5.92 Å². The van der Waals surface area contributed by atoms with Gasteiger partial charge < -0.3 is 14.7 Å². The molecule has 1 heterocycles. The number of hydrogen-bond donors (Lipinski definition) is 1. The highest BCUT2D eigenvalue weighted by atomic mass is 16.5. The van der Waals surface area contributed by atoms with Crippen molar-refractivity contribution in [3.05, 3.63) is 0 Å². The van der Waals surface area contributed by atoms with Gasteiger partial charge >= 0.3 is 5.97 Å². The Hall–Kier alpha value is -1.10. The lowest BCUT2D eigenvalue weighted by Crippen LogP contribution is -2.42. The second-order valence-corrected chi connectivity index (χ2v) is 4.80. The number of carboxylic acid groups (broad SMARTS) is 1. The predicted molar refractivity (Wildman–Crippen MR) is 62.6 cm³/mol. The fourth-order valence-electron chi connectivity index (χ4n) is 2.12. The molecule has 98 valence electrons. The highest BCUT2D eigenvalue weighted by Gasteiger charge is 2.29. The van der Waals surface area contributed by atoms with Gasteiger partial charge in [0.05, 0.1) is 12.5 Å². The average molecular weight is 243 g/mol. The Balaban J connectivity index is 2.53. The van der Waals surface area contributed by atoms with Gasteiger partial charge in [0.2, 0.25) is 5.91 Å². The molecule has 1 saturated heterocycles. The number of carbonyl (C=O) groups is 2. The second-order valence-electron chi connectivity index (χ2n) is 4.80. The Morgan fingerprint density at radius 2 is 2.18 bits per heavy atom. The molecule has 1 N–H and O–H groups in total. The molecular formula is C12H21NO4. The number of carbonyl (C=O) groups excluding carboxylic acids is 1. The topological polar surface area (TPSA) is 66.8 Å². The van der Waals surface area contributed by atoms with E-state index in [1.165, 1.54) is 0 Å². The van der Waals surface area contributed by atoms with Crippen LogP contribution in [0.3, 0.4) is 0 Å². The molecule has 0 aromatic heterocycles. The van der Waals surface area contributed by atoms with Crippen molar-refractivity contribution in [3.8, 4) is 0 Å².